The van der Waals surface area contributed by atoms with Gasteiger partial charge in [-0.15, -0.1) is 0 Å². The molecule has 31 heavy (non-hydrogen) atoms. The van der Waals surface area contributed by atoms with E-state index in [0.29, 0.717) is 16.9 Å². The minimum atomic E-state index is -4.33. The van der Waals surface area contributed by atoms with Gasteiger partial charge in [0.05, 0.1) is 30.2 Å². The van der Waals surface area contributed by atoms with Crippen LogP contribution in [0.4, 0.5) is 13.2 Å². The zero-order valence-corrected chi connectivity index (χ0v) is 16.3. The third kappa shape index (κ3) is 4.91. The molecule has 4 aromatic rings. The summed E-state index contributed by atoms with van der Waals surface area (Å²) in [6.45, 7) is 0. The number of pyridine rings is 2. The van der Waals surface area contributed by atoms with Crippen LogP contribution in [0.15, 0.2) is 67.1 Å². The van der Waals surface area contributed by atoms with Gasteiger partial charge in [0.25, 0.3) is 0 Å². The molecule has 3 heterocycles. The van der Waals surface area contributed by atoms with E-state index in [9.17, 15) is 23.1 Å². The van der Waals surface area contributed by atoms with E-state index in [1.165, 1.54) is 6.20 Å². The molecule has 0 amide bonds. The second-order valence-corrected chi connectivity index (χ2v) is 7.22. The van der Waals surface area contributed by atoms with Gasteiger partial charge in [-0.1, -0.05) is 18.2 Å². The van der Waals surface area contributed by atoms with Crippen LogP contribution in [0.25, 0.3) is 28.2 Å². The van der Waals surface area contributed by atoms with Crippen LogP contribution in [-0.4, -0.2) is 31.4 Å². The maximum atomic E-state index is 12.3. The molecule has 0 atom stereocenters. The van der Waals surface area contributed by atoms with E-state index < -0.39 is 24.8 Å². The molecular formula is C23H18F3N3O2. The standard InChI is InChI=1S/C23H18F3N3O2/c24-23(25,26)8-6-18(30)11-15-2-1-3-17(10-15)21-14-28-22-12-16(7-9-29(21)22)20-5-4-19(31)13-27-20/h1-5,7,9-10,12-14,31H,6,8,11H2. The molecule has 158 valence electrons. The summed E-state index contributed by atoms with van der Waals surface area (Å²) < 4.78 is 38.9. The highest BCUT2D eigenvalue weighted by atomic mass is 19.4. The molecule has 0 fully saturated rings. The van der Waals surface area contributed by atoms with E-state index in [4.69, 9.17) is 0 Å². The first-order valence-electron chi connectivity index (χ1n) is 9.59. The smallest absolute Gasteiger partial charge is 0.389 e. The number of hydrogen-bond donors (Lipinski definition) is 1. The van der Waals surface area contributed by atoms with Crippen molar-refractivity contribution < 1.29 is 23.1 Å². The quantitative estimate of drug-likeness (QED) is 0.460. The number of nitrogens with zero attached hydrogens (tertiary/aromatic N) is 3. The molecule has 0 spiro atoms. The molecule has 8 heteroatoms. The maximum Gasteiger partial charge on any atom is 0.389 e. The Hall–Kier alpha value is -3.68. The average molecular weight is 425 g/mol. The van der Waals surface area contributed by atoms with E-state index >= 15 is 0 Å². The molecule has 4 rings (SSSR count). The number of aromatic nitrogens is 3. The SMILES string of the molecule is O=C(CCC(F)(F)F)Cc1cccc(-c2cnc3cc(-c4ccc(O)cn4)ccn23)c1. The molecule has 3 aromatic heterocycles. The Kier molecular flexibility index (Phi) is 5.46. The number of hydrogen-bond acceptors (Lipinski definition) is 4. The van der Waals surface area contributed by atoms with Crippen LogP contribution in [0.3, 0.4) is 0 Å². The fourth-order valence-electron chi connectivity index (χ4n) is 3.35. The summed E-state index contributed by atoms with van der Waals surface area (Å²) in [4.78, 5) is 20.6. The Morgan fingerprint density at radius 3 is 2.58 bits per heavy atom. The molecule has 0 aliphatic heterocycles. The number of carbonyl (C=O) groups is 1. The van der Waals surface area contributed by atoms with E-state index in [1.807, 2.05) is 28.8 Å². The summed E-state index contributed by atoms with van der Waals surface area (Å²) in [6.07, 6.45) is -1.07. The van der Waals surface area contributed by atoms with Crippen molar-refractivity contribution in [3.63, 3.8) is 0 Å². The fourth-order valence-corrected chi connectivity index (χ4v) is 3.35. The second kappa shape index (κ2) is 8.22. The predicted molar refractivity (Wildman–Crippen MR) is 110 cm³/mol. The summed E-state index contributed by atoms with van der Waals surface area (Å²) >= 11 is 0. The molecule has 1 aromatic carbocycles. The van der Waals surface area contributed by atoms with Gasteiger partial charge in [0.2, 0.25) is 0 Å². The number of Topliss-reactive ketones (excluding diaryl/α,β-unsaturated/α-hetero) is 1. The highest BCUT2D eigenvalue weighted by Gasteiger charge is 2.27. The van der Waals surface area contributed by atoms with Gasteiger partial charge in [-0.05, 0) is 35.9 Å². The molecule has 0 aliphatic carbocycles. The number of aromatic hydroxyl groups is 1. The molecule has 0 saturated heterocycles. The second-order valence-electron chi connectivity index (χ2n) is 7.22. The number of ketones is 1. The van der Waals surface area contributed by atoms with E-state index in [0.717, 1.165) is 16.8 Å². The Morgan fingerprint density at radius 1 is 1.00 bits per heavy atom. The molecule has 0 unspecified atom stereocenters. The fraction of sp³-hybridized carbons (Fsp3) is 0.174. The minimum absolute atomic E-state index is 0.0443. The molecule has 1 N–H and O–H groups in total. The van der Waals surface area contributed by atoms with Crippen LogP contribution in [0.2, 0.25) is 0 Å². The highest BCUT2D eigenvalue weighted by molar-refractivity contribution is 5.81. The van der Waals surface area contributed by atoms with Crippen LogP contribution in [-0.2, 0) is 11.2 Å². The van der Waals surface area contributed by atoms with Crippen molar-refractivity contribution in [3.05, 3.63) is 72.7 Å². The topological polar surface area (TPSA) is 67.5 Å². The predicted octanol–water partition coefficient (Wildman–Crippen LogP) is 5.22. The Labute approximate surface area is 175 Å². The van der Waals surface area contributed by atoms with Crippen molar-refractivity contribution in [1.29, 1.82) is 0 Å². The number of fused-ring (bicyclic) bond motifs is 1. The summed E-state index contributed by atoms with van der Waals surface area (Å²) in [5.41, 5.74) is 4.49. The highest BCUT2D eigenvalue weighted by Crippen LogP contribution is 2.26. The summed E-state index contributed by atoms with van der Waals surface area (Å²) in [5, 5.41) is 9.40. The van der Waals surface area contributed by atoms with Crippen LogP contribution in [0, 0.1) is 0 Å². The summed E-state index contributed by atoms with van der Waals surface area (Å²) in [7, 11) is 0. The summed E-state index contributed by atoms with van der Waals surface area (Å²) in [6, 6.07) is 14.2. The Bertz CT molecular complexity index is 1230. The van der Waals surface area contributed by atoms with E-state index in [2.05, 4.69) is 9.97 Å². The van der Waals surface area contributed by atoms with Gasteiger partial charge < -0.3 is 5.11 Å². The minimum Gasteiger partial charge on any atom is -0.506 e. The third-order valence-electron chi connectivity index (χ3n) is 4.87. The van der Waals surface area contributed by atoms with Gasteiger partial charge in [-0.2, -0.15) is 13.2 Å². The monoisotopic (exact) mass is 425 g/mol. The molecular weight excluding hydrogens is 407 g/mol. The van der Waals surface area contributed by atoms with Gasteiger partial charge >= 0.3 is 6.18 Å². The Morgan fingerprint density at radius 2 is 1.84 bits per heavy atom. The average Bonchev–Trinajstić information content (AvgIpc) is 3.16. The lowest BCUT2D eigenvalue weighted by Gasteiger charge is -2.08. The van der Waals surface area contributed by atoms with E-state index in [1.54, 1.807) is 36.5 Å². The van der Waals surface area contributed by atoms with Gasteiger partial charge in [0, 0.05) is 30.2 Å². The first-order valence-corrected chi connectivity index (χ1v) is 9.59. The normalized spacial score (nSPS) is 11.7. The third-order valence-corrected chi connectivity index (χ3v) is 4.87. The zero-order chi connectivity index (χ0) is 22.0. The number of halogens is 3. The van der Waals surface area contributed by atoms with Crippen LogP contribution in [0.5, 0.6) is 5.75 Å². The summed E-state index contributed by atoms with van der Waals surface area (Å²) in [5.74, 6) is -0.358. The van der Waals surface area contributed by atoms with Gasteiger partial charge in [0.15, 0.2) is 0 Å². The number of benzene rings is 1. The van der Waals surface area contributed by atoms with Crippen molar-refractivity contribution in [2.75, 3.05) is 0 Å². The zero-order valence-electron chi connectivity index (χ0n) is 16.3. The number of rotatable bonds is 6. The number of alkyl halides is 3. The Balaban J connectivity index is 1.57. The lowest BCUT2D eigenvalue weighted by molar-refractivity contribution is -0.143. The van der Waals surface area contributed by atoms with Crippen molar-refractivity contribution in [3.8, 4) is 28.3 Å². The molecule has 0 saturated carbocycles. The van der Waals surface area contributed by atoms with Gasteiger partial charge in [0.1, 0.15) is 17.2 Å². The molecule has 5 nitrogen and oxygen atoms in total. The van der Waals surface area contributed by atoms with Crippen LogP contribution < -0.4 is 0 Å². The van der Waals surface area contributed by atoms with Gasteiger partial charge in [-0.25, -0.2) is 4.98 Å². The van der Waals surface area contributed by atoms with Gasteiger partial charge in [-0.3, -0.25) is 14.2 Å². The van der Waals surface area contributed by atoms with Crippen molar-refractivity contribution in [2.45, 2.75) is 25.4 Å². The van der Waals surface area contributed by atoms with Crippen molar-refractivity contribution in [2.24, 2.45) is 0 Å². The van der Waals surface area contributed by atoms with Crippen LogP contribution >= 0.6 is 0 Å². The number of imidazole rings is 1. The van der Waals surface area contributed by atoms with Crippen molar-refractivity contribution in [1.82, 2.24) is 14.4 Å². The largest absolute Gasteiger partial charge is 0.506 e. The first-order chi connectivity index (χ1) is 14.8. The molecule has 0 radical (unpaired) electrons. The molecule has 0 bridgehead atoms. The maximum absolute atomic E-state index is 12.3. The van der Waals surface area contributed by atoms with E-state index in [-0.39, 0.29) is 12.2 Å². The lowest BCUT2D eigenvalue weighted by Crippen LogP contribution is -2.12. The first kappa shape index (κ1) is 20.6. The lowest BCUT2D eigenvalue weighted by atomic mass is 10.0. The molecule has 0 aliphatic rings. The van der Waals surface area contributed by atoms with Crippen LogP contribution in [0.1, 0.15) is 18.4 Å². The van der Waals surface area contributed by atoms with Crippen molar-refractivity contribution >= 4 is 11.4 Å². The number of carbonyl (C=O) groups excluding carboxylic acids is 1.